The van der Waals surface area contributed by atoms with Gasteiger partial charge >= 0.3 is 5.97 Å². The highest BCUT2D eigenvalue weighted by Gasteiger charge is 2.25. The van der Waals surface area contributed by atoms with Gasteiger partial charge in [0.1, 0.15) is 11.3 Å². The molecule has 1 heterocycles. The number of benzene rings is 1. The van der Waals surface area contributed by atoms with Gasteiger partial charge in [-0.3, -0.25) is 4.79 Å². The average Bonchev–Trinajstić information content (AvgIpc) is 2.87. The van der Waals surface area contributed by atoms with E-state index in [2.05, 4.69) is 24.3 Å². The second kappa shape index (κ2) is 7.51. The summed E-state index contributed by atoms with van der Waals surface area (Å²) in [7, 11) is 0. The van der Waals surface area contributed by atoms with Crippen molar-refractivity contribution in [2.75, 3.05) is 5.32 Å². The number of nitrogens with zero attached hydrogens (tertiary/aromatic N) is 1. The number of carbonyl (C=O) groups is 2. The first-order chi connectivity index (χ1) is 11.7. The zero-order valence-corrected chi connectivity index (χ0v) is 15.5. The van der Waals surface area contributed by atoms with Gasteiger partial charge in [0.05, 0.1) is 5.69 Å². The number of amides is 1. The minimum atomic E-state index is -0.944. The molecule has 0 bridgehead atoms. The van der Waals surface area contributed by atoms with Crippen LogP contribution in [0.4, 0.5) is 5.69 Å². The number of aromatic nitrogens is 1. The van der Waals surface area contributed by atoms with Gasteiger partial charge in [-0.25, -0.2) is 4.79 Å². The van der Waals surface area contributed by atoms with E-state index in [0.717, 1.165) is 16.8 Å². The lowest BCUT2D eigenvalue weighted by Gasteiger charge is -2.19. The quantitative estimate of drug-likeness (QED) is 0.832. The molecule has 1 atom stereocenters. The molecular formula is C19H24N2O4. The summed E-state index contributed by atoms with van der Waals surface area (Å²) in [5, 5.41) is 6.61. The maximum atomic E-state index is 12.5. The van der Waals surface area contributed by atoms with E-state index in [1.165, 1.54) is 0 Å². The van der Waals surface area contributed by atoms with Crippen LogP contribution in [0, 0.1) is 20.8 Å². The van der Waals surface area contributed by atoms with Crippen molar-refractivity contribution >= 4 is 17.6 Å². The second-order valence-electron chi connectivity index (χ2n) is 6.43. The van der Waals surface area contributed by atoms with Gasteiger partial charge in [-0.2, -0.15) is 0 Å². The summed E-state index contributed by atoms with van der Waals surface area (Å²) in [6.45, 7) is 10.9. The highest BCUT2D eigenvalue weighted by atomic mass is 16.5. The van der Waals surface area contributed by atoms with E-state index in [9.17, 15) is 9.59 Å². The molecule has 6 nitrogen and oxygen atoms in total. The van der Waals surface area contributed by atoms with Crippen LogP contribution in [-0.2, 0) is 9.53 Å². The minimum Gasteiger partial charge on any atom is -0.449 e. The summed E-state index contributed by atoms with van der Waals surface area (Å²) < 4.78 is 10.2. The predicted octanol–water partition coefficient (Wildman–Crippen LogP) is 3.91. The number of hydrogen-bond acceptors (Lipinski definition) is 5. The number of ether oxygens (including phenoxy) is 1. The number of carbonyl (C=O) groups excluding carboxylic acids is 2. The summed E-state index contributed by atoms with van der Waals surface area (Å²) in [5.41, 5.74) is 3.47. The van der Waals surface area contributed by atoms with Gasteiger partial charge in [0.2, 0.25) is 0 Å². The van der Waals surface area contributed by atoms with Crippen LogP contribution in [-0.4, -0.2) is 23.1 Å². The normalized spacial score (nSPS) is 12.1. The number of anilines is 1. The van der Waals surface area contributed by atoms with Gasteiger partial charge in [0, 0.05) is 5.69 Å². The monoisotopic (exact) mass is 344 g/mol. The Morgan fingerprint density at radius 1 is 1.16 bits per heavy atom. The van der Waals surface area contributed by atoms with Crippen molar-refractivity contribution in [3.8, 4) is 0 Å². The third kappa shape index (κ3) is 4.07. The Labute approximate surface area is 147 Å². The first-order valence-electron chi connectivity index (χ1n) is 8.26. The Morgan fingerprint density at radius 2 is 1.84 bits per heavy atom. The van der Waals surface area contributed by atoms with Gasteiger partial charge in [-0.1, -0.05) is 37.2 Å². The van der Waals surface area contributed by atoms with E-state index in [1.54, 1.807) is 20.8 Å². The molecule has 0 aliphatic heterocycles. The lowest BCUT2D eigenvalue weighted by atomic mass is 9.98. The summed E-state index contributed by atoms with van der Waals surface area (Å²) in [6.07, 6.45) is -0.944. The molecule has 0 saturated heterocycles. The molecule has 134 valence electrons. The number of aryl methyl sites for hydroxylation is 3. The molecule has 1 amide bonds. The molecule has 1 aromatic carbocycles. The Balaban J connectivity index is 2.13. The molecule has 0 aliphatic rings. The molecule has 1 aromatic heterocycles. The molecule has 6 heteroatoms. The van der Waals surface area contributed by atoms with Gasteiger partial charge in [-0.05, 0) is 44.7 Å². The SMILES string of the molecule is Cc1cccc(C(C)C)c1NC(=O)[C@H](C)OC(=O)c1c(C)noc1C. The van der Waals surface area contributed by atoms with Crippen molar-refractivity contribution in [1.82, 2.24) is 5.16 Å². The van der Waals surface area contributed by atoms with Crippen LogP contribution in [0.3, 0.4) is 0 Å². The predicted molar refractivity (Wildman–Crippen MR) is 94.8 cm³/mol. The number of hydrogen-bond donors (Lipinski definition) is 1. The molecule has 0 radical (unpaired) electrons. The topological polar surface area (TPSA) is 81.4 Å². The fourth-order valence-electron chi connectivity index (χ4n) is 2.61. The third-order valence-corrected chi connectivity index (χ3v) is 4.07. The van der Waals surface area contributed by atoms with Crippen LogP contribution in [0.2, 0.25) is 0 Å². The van der Waals surface area contributed by atoms with Crippen LogP contribution < -0.4 is 5.32 Å². The molecule has 0 saturated carbocycles. The lowest BCUT2D eigenvalue weighted by Crippen LogP contribution is -2.31. The number of nitrogens with one attached hydrogen (secondary N) is 1. The van der Waals surface area contributed by atoms with Crippen LogP contribution in [0.5, 0.6) is 0 Å². The van der Waals surface area contributed by atoms with Crippen molar-refractivity contribution in [3.63, 3.8) is 0 Å². The summed E-state index contributed by atoms with van der Waals surface area (Å²) in [6, 6.07) is 5.87. The molecule has 1 N–H and O–H groups in total. The van der Waals surface area contributed by atoms with Gasteiger partial charge in [0.25, 0.3) is 5.91 Å². The van der Waals surface area contributed by atoms with Gasteiger partial charge < -0.3 is 14.6 Å². The number of para-hydroxylation sites is 1. The van der Waals surface area contributed by atoms with Crippen molar-refractivity contribution in [1.29, 1.82) is 0 Å². The molecule has 0 spiro atoms. The average molecular weight is 344 g/mol. The molecule has 0 fully saturated rings. The van der Waals surface area contributed by atoms with Crippen molar-refractivity contribution in [2.24, 2.45) is 0 Å². The van der Waals surface area contributed by atoms with Gasteiger partial charge in [-0.15, -0.1) is 0 Å². The van der Waals surface area contributed by atoms with Gasteiger partial charge in [0.15, 0.2) is 6.10 Å². The van der Waals surface area contributed by atoms with E-state index in [0.29, 0.717) is 11.5 Å². The summed E-state index contributed by atoms with van der Waals surface area (Å²) in [4.78, 5) is 24.7. The summed E-state index contributed by atoms with van der Waals surface area (Å²) in [5.74, 6) is -0.365. The highest BCUT2D eigenvalue weighted by molar-refractivity contribution is 5.98. The molecule has 25 heavy (non-hydrogen) atoms. The second-order valence-corrected chi connectivity index (χ2v) is 6.43. The zero-order valence-electron chi connectivity index (χ0n) is 15.5. The van der Waals surface area contributed by atoms with Crippen molar-refractivity contribution in [2.45, 2.75) is 53.6 Å². The summed E-state index contributed by atoms with van der Waals surface area (Å²) >= 11 is 0. The molecule has 0 aliphatic carbocycles. The van der Waals surface area contributed by atoms with E-state index in [1.807, 2.05) is 25.1 Å². The number of esters is 1. The van der Waals surface area contributed by atoms with Crippen LogP contribution in [0.15, 0.2) is 22.7 Å². The van der Waals surface area contributed by atoms with E-state index < -0.39 is 12.1 Å². The van der Waals surface area contributed by atoms with E-state index in [-0.39, 0.29) is 17.4 Å². The molecule has 0 unspecified atom stereocenters. The maximum Gasteiger partial charge on any atom is 0.344 e. The van der Waals surface area contributed by atoms with Crippen LogP contribution >= 0.6 is 0 Å². The first-order valence-corrected chi connectivity index (χ1v) is 8.26. The minimum absolute atomic E-state index is 0.260. The highest BCUT2D eigenvalue weighted by Crippen LogP contribution is 2.27. The molecule has 2 rings (SSSR count). The molecular weight excluding hydrogens is 320 g/mol. The van der Waals surface area contributed by atoms with E-state index in [4.69, 9.17) is 9.26 Å². The smallest absolute Gasteiger partial charge is 0.344 e. The Bertz CT molecular complexity index is 773. The Kier molecular flexibility index (Phi) is 5.62. The third-order valence-electron chi connectivity index (χ3n) is 4.07. The molecule has 2 aromatic rings. The Morgan fingerprint density at radius 3 is 2.40 bits per heavy atom. The Hall–Kier alpha value is -2.63. The van der Waals surface area contributed by atoms with Crippen molar-refractivity contribution < 1.29 is 18.8 Å². The number of rotatable bonds is 5. The fourth-order valence-corrected chi connectivity index (χ4v) is 2.61. The van der Waals surface area contributed by atoms with Crippen LogP contribution in [0.25, 0.3) is 0 Å². The standard InChI is InChI=1S/C19H24N2O4/c1-10(2)15-9-7-8-11(3)17(15)20-18(22)14(6)24-19(23)16-12(4)21-25-13(16)5/h7-10,14H,1-6H3,(H,20,22)/t14-/m0/s1. The lowest BCUT2D eigenvalue weighted by molar-refractivity contribution is -0.123. The van der Waals surface area contributed by atoms with Crippen LogP contribution in [0.1, 0.15) is 59.6 Å². The fraction of sp³-hybridized carbons (Fsp3) is 0.421. The first kappa shape index (κ1) is 18.7. The van der Waals surface area contributed by atoms with E-state index >= 15 is 0 Å². The maximum absolute atomic E-state index is 12.5. The zero-order chi connectivity index (χ0) is 18.7. The van der Waals surface area contributed by atoms with Crippen molar-refractivity contribution in [3.05, 3.63) is 46.3 Å². The largest absolute Gasteiger partial charge is 0.449 e.